The summed E-state index contributed by atoms with van der Waals surface area (Å²) in [5.74, 6) is 0.978. The minimum atomic E-state index is -0.774. The smallest absolute Gasteiger partial charge is 0.137 e. The Morgan fingerprint density at radius 3 is 2.72 bits per heavy atom. The summed E-state index contributed by atoms with van der Waals surface area (Å²) in [5.41, 5.74) is 0.283. The molecule has 1 aromatic rings. The fourth-order valence-electron chi connectivity index (χ4n) is 3.26. The Hall–Kier alpha value is -1.09. The number of aromatic nitrogens is 1. The SMILES string of the molecule is CCOc1cncc(C2(O)CC(C)(C)CC2C)c1. The second-order valence-corrected chi connectivity index (χ2v) is 6.21. The van der Waals surface area contributed by atoms with Gasteiger partial charge in [0, 0.05) is 11.8 Å². The molecule has 1 saturated carbocycles. The van der Waals surface area contributed by atoms with E-state index in [1.807, 2.05) is 13.0 Å². The highest BCUT2D eigenvalue weighted by Gasteiger charge is 2.48. The lowest BCUT2D eigenvalue weighted by Gasteiger charge is -2.29. The van der Waals surface area contributed by atoms with Crippen LogP contribution in [0.25, 0.3) is 0 Å². The van der Waals surface area contributed by atoms with Crippen LogP contribution in [0.4, 0.5) is 0 Å². The van der Waals surface area contributed by atoms with Crippen LogP contribution in [0, 0.1) is 11.3 Å². The van der Waals surface area contributed by atoms with Crippen LogP contribution < -0.4 is 4.74 Å². The van der Waals surface area contributed by atoms with E-state index in [0.29, 0.717) is 6.61 Å². The molecule has 0 saturated heterocycles. The Morgan fingerprint density at radius 2 is 2.17 bits per heavy atom. The number of nitrogens with zero attached hydrogens (tertiary/aromatic N) is 1. The number of ether oxygens (including phenoxy) is 1. The molecule has 18 heavy (non-hydrogen) atoms. The van der Waals surface area contributed by atoms with Gasteiger partial charge in [0.05, 0.1) is 18.4 Å². The lowest BCUT2D eigenvalue weighted by Crippen LogP contribution is -2.29. The summed E-state index contributed by atoms with van der Waals surface area (Å²) in [7, 11) is 0. The van der Waals surface area contributed by atoms with Crippen molar-refractivity contribution in [3.05, 3.63) is 24.0 Å². The maximum atomic E-state index is 11.0. The summed E-state index contributed by atoms with van der Waals surface area (Å²) in [4.78, 5) is 4.19. The molecule has 0 aliphatic heterocycles. The molecule has 0 radical (unpaired) electrons. The topological polar surface area (TPSA) is 42.4 Å². The number of aliphatic hydroxyl groups is 1. The third-order valence-corrected chi connectivity index (χ3v) is 3.95. The molecule has 0 aromatic carbocycles. The van der Waals surface area contributed by atoms with Gasteiger partial charge in [-0.2, -0.15) is 0 Å². The van der Waals surface area contributed by atoms with Crippen LogP contribution >= 0.6 is 0 Å². The quantitative estimate of drug-likeness (QED) is 0.895. The predicted octanol–water partition coefficient (Wildman–Crippen LogP) is 3.12. The molecule has 3 nitrogen and oxygen atoms in total. The summed E-state index contributed by atoms with van der Waals surface area (Å²) in [5, 5.41) is 11.0. The predicted molar refractivity (Wildman–Crippen MR) is 71.5 cm³/mol. The maximum Gasteiger partial charge on any atom is 0.137 e. The van der Waals surface area contributed by atoms with Crippen LogP contribution in [0.3, 0.4) is 0 Å². The molecule has 1 N–H and O–H groups in total. The molecular formula is C15H23NO2. The molecule has 1 aliphatic carbocycles. The van der Waals surface area contributed by atoms with Gasteiger partial charge in [0.15, 0.2) is 0 Å². The van der Waals surface area contributed by atoms with Gasteiger partial charge in [-0.15, -0.1) is 0 Å². The zero-order valence-electron chi connectivity index (χ0n) is 11.7. The highest BCUT2D eigenvalue weighted by atomic mass is 16.5. The summed E-state index contributed by atoms with van der Waals surface area (Å²) in [6.45, 7) is 9.10. The van der Waals surface area contributed by atoms with E-state index in [-0.39, 0.29) is 11.3 Å². The molecular weight excluding hydrogens is 226 g/mol. The molecule has 1 heterocycles. The van der Waals surface area contributed by atoms with Gasteiger partial charge in [0.25, 0.3) is 0 Å². The molecule has 2 rings (SSSR count). The Labute approximate surface area is 109 Å². The van der Waals surface area contributed by atoms with E-state index in [0.717, 1.165) is 24.2 Å². The van der Waals surface area contributed by atoms with E-state index < -0.39 is 5.60 Å². The van der Waals surface area contributed by atoms with Crippen LogP contribution in [0.1, 0.15) is 46.1 Å². The molecule has 1 aliphatic rings. The van der Waals surface area contributed by atoms with Crippen molar-refractivity contribution >= 4 is 0 Å². The fraction of sp³-hybridized carbons (Fsp3) is 0.667. The summed E-state index contributed by atoms with van der Waals surface area (Å²) in [6.07, 6.45) is 5.27. The molecule has 100 valence electrons. The van der Waals surface area contributed by atoms with E-state index in [1.165, 1.54) is 0 Å². The van der Waals surface area contributed by atoms with Gasteiger partial charge in [-0.1, -0.05) is 20.8 Å². The molecule has 2 atom stereocenters. The second kappa shape index (κ2) is 4.54. The Morgan fingerprint density at radius 1 is 1.44 bits per heavy atom. The van der Waals surface area contributed by atoms with Crippen LogP contribution in [-0.4, -0.2) is 16.7 Å². The minimum Gasteiger partial charge on any atom is -0.492 e. The molecule has 1 aromatic heterocycles. The van der Waals surface area contributed by atoms with Gasteiger partial charge in [0.1, 0.15) is 5.75 Å². The molecule has 0 spiro atoms. The van der Waals surface area contributed by atoms with E-state index >= 15 is 0 Å². The number of hydrogen-bond donors (Lipinski definition) is 1. The first kappa shape index (κ1) is 13.3. The molecule has 0 bridgehead atoms. The van der Waals surface area contributed by atoms with Crippen molar-refractivity contribution in [1.29, 1.82) is 0 Å². The van der Waals surface area contributed by atoms with E-state index in [1.54, 1.807) is 12.4 Å². The lowest BCUT2D eigenvalue weighted by molar-refractivity contribution is -0.00137. The van der Waals surface area contributed by atoms with Crippen LogP contribution in [-0.2, 0) is 5.60 Å². The van der Waals surface area contributed by atoms with Gasteiger partial charge in [-0.05, 0) is 37.2 Å². The molecule has 0 amide bonds. The standard InChI is InChI=1S/C15H23NO2/c1-5-18-13-6-12(8-16-9-13)15(17)10-14(3,4)7-11(15)2/h6,8-9,11,17H,5,7,10H2,1-4H3. The average molecular weight is 249 g/mol. The fourth-order valence-corrected chi connectivity index (χ4v) is 3.26. The zero-order valence-corrected chi connectivity index (χ0v) is 11.7. The first-order chi connectivity index (χ1) is 8.37. The zero-order chi connectivity index (χ0) is 13.4. The van der Waals surface area contributed by atoms with Gasteiger partial charge in [-0.3, -0.25) is 4.98 Å². The van der Waals surface area contributed by atoms with Crippen molar-refractivity contribution in [3.63, 3.8) is 0 Å². The van der Waals surface area contributed by atoms with Gasteiger partial charge in [-0.25, -0.2) is 0 Å². The Balaban J connectivity index is 2.33. The van der Waals surface area contributed by atoms with Crippen LogP contribution in [0.5, 0.6) is 5.75 Å². The van der Waals surface area contributed by atoms with Crippen LogP contribution in [0.15, 0.2) is 18.5 Å². The van der Waals surface area contributed by atoms with Crippen molar-refractivity contribution in [3.8, 4) is 5.75 Å². The molecule has 2 unspecified atom stereocenters. The first-order valence-corrected chi connectivity index (χ1v) is 6.68. The highest BCUT2D eigenvalue weighted by Crippen LogP contribution is 2.52. The van der Waals surface area contributed by atoms with E-state index in [4.69, 9.17) is 4.74 Å². The summed E-state index contributed by atoms with van der Waals surface area (Å²) < 4.78 is 5.46. The van der Waals surface area contributed by atoms with Crippen LogP contribution in [0.2, 0.25) is 0 Å². The van der Waals surface area contributed by atoms with E-state index in [2.05, 4.69) is 25.8 Å². The monoisotopic (exact) mass is 249 g/mol. The number of pyridine rings is 1. The maximum absolute atomic E-state index is 11.0. The minimum absolute atomic E-state index is 0.176. The van der Waals surface area contributed by atoms with Gasteiger partial charge >= 0.3 is 0 Å². The van der Waals surface area contributed by atoms with Gasteiger partial charge < -0.3 is 9.84 Å². The van der Waals surface area contributed by atoms with Crippen molar-refractivity contribution in [2.45, 2.75) is 46.1 Å². The number of rotatable bonds is 3. The molecule has 3 heteroatoms. The van der Waals surface area contributed by atoms with Crippen molar-refractivity contribution < 1.29 is 9.84 Å². The van der Waals surface area contributed by atoms with Crippen molar-refractivity contribution in [2.75, 3.05) is 6.61 Å². The summed E-state index contributed by atoms with van der Waals surface area (Å²) >= 11 is 0. The third-order valence-electron chi connectivity index (χ3n) is 3.95. The second-order valence-electron chi connectivity index (χ2n) is 6.21. The number of hydrogen-bond acceptors (Lipinski definition) is 3. The third kappa shape index (κ3) is 2.37. The summed E-state index contributed by atoms with van der Waals surface area (Å²) in [6, 6.07) is 1.92. The van der Waals surface area contributed by atoms with Crippen molar-refractivity contribution in [1.82, 2.24) is 4.98 Å². The lowest BCUT2D eigenvalue weighted by atomic mass is 9.84. The normalized spacial score (nSPS) is 30.4. The largest absolute Gasteiger partial charge is 0.492 e. The Bertz CT molecular complexity index is 430. The Kier molecular flexibility index (Phi) is 3.37. The first-order valence-electron chi connectivity index (χ1n) is 6.68. The molecule has 1 fully saturated rings. The highest BCUT2D eigenvalue weighted by molar-refractivity contribution is 5.30. The van der Waals surface area contributed by atoms with E-state index in [9.17, 15) is 5.11 Å². The van der Waals surface area contributed by atoms with Gasteiger partial charge in [0.2, 0.25) is 0 Å². The average Bonchev–Trinajstić information content (AvgIpc) is 2.49. The van der Waals surface area contributed by atoms with Crippen molar-refractivity contribution in [2.24, 2.45) is 11.3 Å².